The molecule has 1 N–H and O–H groups in total. The number of hydrogen-bond donors (Lipinski definition) is 1. The van der Waals surface area contributed by atoms with Gasteiger partial charge in [-0.25, -0.2) is 0 Å². The van der Waals surface area contributed by atoms with E-state index in [9.17, 15) is 5.11 Å². The van der Waals surface area contributed by atoms with Gasteiger partial charge in [0.25, 0.3) is 0 Å². The van der Waals surface area contributed by atoms with Crippen LogP contribution in [0.3, 0.4) is 0 Å². The molecular formula is C31H60O. The minimum atomic E-state index is -0.0503. The van der Waals surface area contributed by atoms with Gasteiger partial charge in [0.2, 0.25) is 0 Å². The van der Waals surface area contributed by atoms with Gasteiger partial charge >= 0.3 is 0 Å². The monoisotopic (exact) mass is 448 g/mol. The van der Waals surface area contributed by atoms with E-state index in [1.54, 1.807) is 0 Å². The van der Waals surface area contributed by atoms with E-state index in [0.717, 1.165) is 12.8 Å². The van der Waals surface area contributed by atoms with E-state index in [1.807, 2.05) is 0 Å². The molecule has 0 fully saturated rings. The Bertz CT molecular complexity index is 348. The Hall–Kier alpha value is -0.560. The molecule has 32 heavy (non-hydrogen) atoms. The maximum Gasteiger partial charge on any atom is 0.0540 e. The van der Waals surface area contributed by atoms with Crippen LogP contribution in [0.1, 0.15) is 168 Å². The van der Waals surface area contributed by atoms with E-state index in [4.69, 9.17) is 0 Å². The van der Waals surface area contributed by atoms with Crippen LogP contribution in [0.5, 0.6) is 0 Å². The number of unbranched alkanes of at least 4 members (excludes halogenated alkanes) is 18. The van der Waals surface area contributed by atoms with Crippen molar-refractivity contribution in [1.82, 2.24) is 0 Å². The first-order valence-corrected chi connectivity index (χ1v) is 14.8. The summed E-state index contributed by atoms with van der Waals surface area (Å²) in [5.74, 6) is 0. The lowest BCUT2D eigenvalue weighted by molar-refractivity contribution is 0.147. The van der Waals surface area contributed by atoms with Gasteiger partial charge in [0, 0.05) is 0 Å². The molecule has 0 bridgehead atoms. The van der Waals surface area contributed by atoms with Gasteiger partial charge in [-0.2, -0.15) is 0 Å². The first kappa shape index (κ1) is 31.4. The molecule has 0 amide bonds. The van der Waals surface area contributed by atoms with Crippen molar-refractivity contribution >= 4 is 0 Å². The number of allylic oxidation sites excluding steroid dienone is 4. The van der Waals surface area contributed by atoms with E-state index in [1.165, 1.54) is 141 Å². The minimum absolute atomic E-state index is 0.0503. The molecule has 0 aliphatic rings. The molecule has 0 aromatic rings. The van der Waals surface area contributed by atoms with Crippen LogP contribution in [0.4, 0.5) is 0 Å². The third-order valence-corrected chi connectivity index (χ3v) is 6.60. The van der Waals surface area contributed by atoms with Crippen molar-refractivity contribution in [2.75, 3.05) is 0 Å². The molecule has 1 nitrogen and oxygen atoms in total. The Kier molecular flexibility index (Phi) is 28.0. The summed E-state index contributed by atoms with van der Waals surface area (Å²) in [6.45, 7) is 4.53. The predicted octanol–water partition coefficient (Wildman–Crippen LogP) is 10.9. The minimum Gasteiger partial charge on any atom is -0.393 e. The average Bonchev–Trinajstić information content (AvgIpc) is 2.80. The van der Waals surface area contributed by atoms with Crippen molar-refractivity contribution in [3.05, 3.63) is 24.3 Å². The van der Waals surface area contributed by atoms with Crippen LogP contribution in [0.25, 0.3) is 0 Å². The summed E-state index contributed by atoms with van der Waals surface area (Å²) in [6.07, 6.45) is 40.6. The van der Waals surface area contributed by atoms with E-state index in [0.29, 0.717) is 0 Å². The first-order valence-electron chi connectivity index (χ1n) is 14.8. The number of hydrogen-bond acceptors (Lipinski definition) is 1. The fraction of sp³-hybridized carbons (Fsp3) is 0.871. The van der Waals surface area contributed by atoms with Crippen LogP contribution < -0.4 is 0 Å². The average molecular weight is 449 g/mol. The highest BCUT2D eigenvalue weighted by molar-refractivity contribution is 4.81. The highest BCUT2D eigenvalue weighted by atomic mass is 16.3. The third-order valence-electron chi connectivity index (χ3n) is 6.60. The van der Waals surface area contributed by atoms with E-state index < -0.39 is 0 Å². The molecule has 0 radical (unpaired) electrons. The number of rotatable bonds is 26. The first-order chi connectivity index (χ1) is 15.8. The Morgan fingerprint density at radius 2 is 0.688 bits per heavy atom. The van der Waals surface area contributed by atoms with Crippen molar-refractivity contribution < 1.29 is 5.11 Å². The maximum absolute atomic E-state index is 10.2. The van der Waals surface area contributed by atoms with Crippen LogP contribution in [0, 0.1) is 0 Å². The second kappa shape index (κ2) is 28.5. The van der Waals surface area contributed by atoms with Crippen molar-refractivity contribution in [3.8, 4) is 0 Å². The summed E-state index contributed by atoms with van der Waals surface area (Å²) in [5.41, 5.74) is 0. The summed E-state index contributed by atoms with van der Waals surface area (Å²) in [4.78, 5) is 0. The maximum atomic E-state index is 10.2. The Morgan fingerprint density at radius 1 is 0.406 bits per heavy atom. The lowest BCUT2D eigenvalue weighted by Crippen LogP contribution is -2.05. The van der Waals surface area contributed by atoms with Crippen LogP contribution in [-0.4, -0.2) is 11.2 Å². The van der Waals surface area contributed by atoms with Crippen molar-refractivity contribution in [3.63, 3.8) is 0 Å². The van der Waals surface area contributed by atoms with Gasteiger partial charge in [-0.15, -0.1) is 0 Å². The summed E-state index contributed by atoms with van der Waals surface area (Å²) in [6, 6.07) is 0. The second-order valence-electron chi connectivity index (χ2n) is 9.99. The highest BCUT2D eigenvalue weighted by Gasteiger charge is 2.03. The van der Waals surface area contributed by atoms with Crippen molar-refractivity contribution in [2.45, 2.75) is 174 Å². The molecular weight excluding hydrogens is 388 g/mol. The van der Waals surface area contributed by atoms with E-state index in [2.05, 4.69) is 38.2 Å². The number of aliphatic hydroxyl groups excluding tert-OH is 1. The topological polar surface area (TPSA) is 20.2 Å². The molecule has 0 saturated carbocycles. The predicted molar refractivity (Wildman–Crippen MR) is 146 cm³/mol. The van der Waals surface area contributed by atoms with Gasteiger partial charge < -0.3 is 5.11 Å². The normalized spacial score (nSPS) is 12.1. The van der Waals surface area contributed by atoms with Gasteiger partial charge in [-0.05, 0) is 64.2 Å². The van der Waals surface area contributed by atoms with E-state index in [-0.39, 0.29) is 6.10 Å². The molecule has 0 aliphatic carbocycles. The zero-order valence-corrected chi connectivity index (χ0v) is 22.3. The Morgan fingerprint density at radius 3 is 1.03 bits per heavy atom. The van der Waals surface area contributed by atoms with Crippen molar-refractivity contribution in [1.29, 1.82) is 0 Å². The third kappa shape index (κ3) is 27.5. The van der Waals surface area contributed by atoms with Gasteiger partial charge in [-0.3, -0.25) is 0 Å². The van der Waals surface area contributed by atoms with Gasteiger partial charge in [0.15, 0.2) is 0 Å². The van der Waals surface area contributed by atoms with Gasteiger partial charge in [-0.1, -0.05) is 128 Å². The summed E-state index contributed by atoms with van der Waals surface area (Å²) in [7, 11) is 0. The van der Waals surface area contributed by atoms with E-state index >= 15 is 0 Å². The molecule has 0 unspecified atom stereocenters. The smallest absolute Gasteiger partial charge is 0.0540 e. The molecule has 0 rings (SSSR count). The highest BCUT2D eigenvalue weighted by Crippen LogP contribution is 2.15. The summed E-state index contributed by atoms with van der Waals surface area (Å²) in [5, 5.41) is 10.2. The van der Waals surface area contributed by atoms with Crippen LogP contribution in [0.15, 0.2) is 24.3 Å². The molecule has 0 aromatic carbocycles. The Labute approximate surface area is 203 Å². The standard InChI is InChI=1S/C31H60O/c1-3-5-7-9-11-13-15-17-19-21-23-25-27-29-31(32)30-28-26-24-22-20-18-16-14-12-10-8-6-4-2/h11-14,31-32H,3-10,15-30H2,1-2H3/b13-11-,14-12-. The van der Waals surface area contributed by atoms with Crippen LogP contribution >= 0.6 is 0 Å². The SMILES string of the molecule is CCCCC/C=C\CCCCCCCCC(O)CCCCCCCC/C=C\CCCCC. The Balaban J connectivity index is 3.21. The molecule has 0 atom stereocenters. The molecule has 0 heterocycles. The van der Waals surface area contributed by atoms with Crippen LogP contribution in [0.2, 0.25) is 0 Å². The molecule has 0 aromatic heterocycles. The second-order valence-corrected chi connectivity index (χ2v) is 9.99. The zero-order valence-electron chi connectivity index (χ0n) is 22.3. The molecule has 0 aliphatic heterocycles. The lowest BCUT2D eigenvalue weighted by atomic mass is 10.0. The zero-order chi connectivity index (χ0) is 23.4. The van der Waals surface area contributed by atoms with Gasteiger partial charge in [0.1, 0.15) is 0 Å². The molecule has 0 saturated heterocycles. The summed E-state index contributed by atoms with van der Waals surface area (Å²) >= 11 is 0. The fourth-order valence-electron chi connectivity index (χ4n) is 4.34. The largest absolute Gasteiger partial charge is 0.393 e. The summed E-state index contributed by atoms with van der Waals surface area (Å²) < 4.78 is 0. The molecule has 0 spiro atoms. The fourth-order valence-corrected chi connectivity index (χ4v) is 4.34. The van der Waals surface area contributed by atoms with Crippen LogP contribution in [-0.2, 0) is 0 Å². The van der Waals surface area contributed by atoms with Gasteiger partial charge in [0.05, 0.1) is 6.10 Å². The molecule has 190 valence electrons. The number of aliphatic hydroxyl groups is 1. The lowest BCUT2D eigenvalue weighted by Gasteiger charge is -2.10. The quantitative estimate of drug-likeness (QED) is 0.103. The van der Waals surface area contributed by atoms with Crippen molar-refractivity contribution in [2.24, 2.45) is 0 Å². The molecule has 1 heteroatoms.